The van der Waals surface area contributed by atoms with Gasteiger partial charge in [0.1, 0.15) is 0 Å². The first-order valence-electron chi connectivity index (χ1n) is 8.66. The lowest BCUT2D eigenvalue weighted by atomic mass is 9.79. The van der Waals surface area contributed by atoms with Crippen LogP contribution in [0.25, 0.3) is 0 Å². The number of likely N-dealkylation sites (tertiary alicyclic amines) is 1. The van der Waals surface area contributed by atoms with Gasteiger partial charge in [0.05, 0.1) is 19.4 Å². The van der Waals surface area contributed by atoms with Crippen molar-refractivity contribution in [3.8, 4) is 0 Å². The normalized spacial score (nSPS) is 38.4. The highest BCUT2D eigenvalue weighted by molar-refractivity contribution is 4.90. The van der Waals surface area contributed by atoms with E-state index < -0.39 is 0 Å². The first-order valence-corrected chi connectivity index (χ1v) is 8.66. The molecule has 114 valence electrons. The molecule has 2 N–H and O–H groups in total. The van der Waals surface area contributed by atoms with Gasteiger partial charge in [0, 0.05) is 5.92 Å². The molecule has 0 aromatic rings. The smallest absolute Gasteiger partial charge is 0.0599 e. The van der Waals surface area contributed by atoms with Crippen molar-refractivity contribution in [1.29, 1.82) is 0 Å². The van der Waals surface area contributed by atoms with Crippen LogP contribution in [-0.4, -0.2) is 57.0 Å². The summed E-state index contributed by atoms with van der Waals surface area (Å²) in [6.07, 6.45) is 6.21. The monoisotopic (exact) mass is 279 g/mol. The molecule has 2 atom stereocenters. The van der Waals surface area contributed by atoms with Crippen LogP contribution >= 0.6 is 0 Å². The van der Waals surface area contributed by atoms with E-state index in [9.17, 15) is 0 Å². The summed E-state index contributed by atoms with van der Waals surface area (Å²) >= 11 is 0. The van der Waals surface area contributed by atoms with Crippen LogP contribution in [0.1, 0.15) is 25.7 Å². The lowest BCUT2D eigenvalue weighted by molar-refractivity contribution is -0.0766. The minimum Gasteiger partial charge on any atom is -0.381 e. The fourth-order valence-electron chi connectivity index (χ4n) is 4.50. The number of ether oxygens (including phenoxy) is 1. The predicted octanol–water partition coefficient (Wildman–Crippen LogP) is 0.890. The molecule has 4 saturated heterocycles. The van der Waals surface area contributed by atoms with Gasteiger partial charge in [-0.05, 0) is 76.2 Å². The zero-order valence-electron chi connectivity index (χ0n) is 12.5. The molecule has 0 bridgehead atoms. The highest BCUT2D eigenvalue weighted by Gasteiger charge is 2.36. The molecular formula is C16H29N3O. The van der Waals surface area contributed by atoms with E-state index in [1.54, 1.807) is 0 Å². The van der Waals surface area contributed by atoms with Crippen molar-refractivity contribution >= 4 is 0 Å². The molecule has 4 aliphatic heterocycles. The van der Waals surface area contributed by atoms with Crippen LogP contribution in [0.2, 0.25) is 0 Å². The summed E-state index contributed by atoms with van der Waals surface area (Å²) in [6.45, 7) is 8.42. The number of nitrogens with zero attached hydrogens (tertiary/aromatic N) is 1. The van der Waals surface area contributed by atoms with Gasteiger partial charge >= 0.3 is 0 Å². The summed E-state index contributed by atoms with van der Waals surface area (Å²) in [5.41, 5.74) is 0. The predicted molar refractivity (Wildman–Crippen MR) is 79.5 cm³/mol. The Morgan fingerprint density at radius 3 is 2.25 bits per heavy atom. The van der Waals surface area contributed by atoms with E-state index in [1.807, 2.05) is 0 Å². The highest BCUT2D eigenvalue weighted by Crippen LogP contribution is 2.33. The van der Waals surface area contributed by atoms with Gasteiger partial charge in [-0.25, -0.2) is 0 Å². The van der Waals surface area contributed by atoms with Crippen molar-refractivity contribution in [1.82, 2.24) is 15.5 Å². The summed E-state index contributed by atoms with van der Waals surface area (Å²) in [6, 6.07) is 0. The molecule has 0 saturated carbocycles. The Balaban J connectivity index is 1.27. The van der Waals surface area contributed by atoms with Crippen LogP contribution in [0.4, 0.5) is 0 Å². The second-order valence-corrected chi connectivity index (χ2v) is 7.34. The molecule has 4 heterocycles. The number of nitrogens with one attached hydrogen (secondary N) is 2. The molecule has 0 spiro atoms. The van der Waals surface area contributed by atoms with Crippen molar-refractivity contribution in [3.05, 3.63) is 0 Å². The van der Waals surface area contributed by atoms with Crippen molar-refractivity contribution in [3.63, 3.8) is 0 Å². The molecule has 20 heavy (non-hydrogen) atoms. The van der Waals surface area contributed by atoms with Crippen LogP contribution in [0.3, 0.4) is 0 Å². The van der Waals surface area contributed by atoms with Gasteiger partial charge in [0.15, 0.2) is 0 Å². The average molecular weight is 279 g/mol. The highest BCUT2D eigenvalue weighted by atomic mass is 16.5. The first kappa shape index (κ1) is 13.5. The standard InChI is InChI=1S/C16H29N3O/c1-4-18-16(7-13(1)14-8-17-9-14)19-5-2-12(3-6-19)15-10-20-11-15/h12-18H,1-11H2. The Hall–Kier alpha value is -0.160. The summed E-state index contributed by atoms with van der Waals surface area (Å²) in [5.74, 6) is 3.74. The SMILES string of the molecule is C1CC(C2CNC2)CC(N2CCC(C3COC3)CC2)N1. The van der Waals surface area contributed by atoms with Crippen LogP contribution in [0.5, 0.6) is 0 Å². The molecule has 4 rings (SSSR count). The Labute approximate surface area is 122 Å². The molecular weight excluding hydrogens is 250 g/mol. The van der Waals surface area contributed by atoms with Gasteiger partial charge in [0.2, 0.25) is 0 Å². The van der Waals surface area contributed by atoms with Crippen LogP contribution < -0.4 is 10.6 Å². The number of hydrogen-bond donors (Lipinski definition) is 2. The quantitative estimate of drug-likeness (QED) is 0.804. The van der Waals surface area contributed by atoms with Gasteiger partial charge in [0.25, 0.3) is 0 Å². The summed E-state index contributed by atoms with van der Waals surface area (Å²) in [7, 11) is 0. The maximum absolute atomic E-state index is 5.36. The molecule has 0 amide bonds. The lowest BCUT2D eigenvalue weighted by Crippen LogP contribution is -2.57. The topological polar surface area (TPSA) is 36.5 Å². The number of piperidine rings is 2. The summed E-state index contributed by atoms with van der Waals surface area (Å²) in [5, 5.41) is 7.21. The summed E-state index contributed by atoms with van der Waals surface area (Å²) < 4.78 is 5.36. The van der Waals surface area contributed by atoms with Gasteiger partial charge in [-0.15, -0.1) is 0 Å². The van der Waals surface area contributed by atoms with Crippen LogP contribution in [-0.2, 0) is 4.74 Å². The number of rotatable bonds is 3. The third-order valence-corrected chi connectivity index (χ3v) is 6.25. The zero-order chi connectivity index (χ0) is 13.4. The van der Waals surface area contributed by atoms with Gasteiger partial charge in [-0.3, -0.25) is 4.90 Å². The van der Waals surface area contributed by atoms with E-state index >= 15 is 0 Å². The molecule has 4 nitrogen and oxygen atoms in total. The van der Waals surface area contributed by atoms with E-state index in [-0.39, 0.29) is 0 Å². The first-order chi connectivity index (χ1) is 9.90. The molecule has 0 aromatic carbocycles. The second kappa shape index (κ2) is 5.91. The van der Waals surface area contributed by atoms with E-state index in [0.717, 1.165) is 36.9 Å². The Morgan fingerprint density at radius 1 is 0.850 bits per heavy atom. The van der Waals surface area contributed by atoms with Crippen molar-refractivity contribution in [2.45, 2.75) is 31.8 Å². The lowest BCUT2D eigenvalue weighted by Gasteiger charge is -2.46. The number of hydrogen-bond acceptors (Lipinski definition) is 4. The van der Waals surface area contributed by atoms with Crippen molar-refractivity contribution in [2.75, 3.05) is 45.9 Å². The van der Waals surface area contributed by atoms with E-state index in [4.69, 9.17) is 4.74 Å². The molecule has 2 unspecified atom stereocenters. The maximum Gasteiger partial charge on any atom is 0.0599 e. The van der Waals surface area contributed by atoms with E-state index in [1.165, 1.54) is 58.4 Å². The summed E-state index contributed by atoms with van der Waals surface area (Å²) in [4.78, 5) is 2.73. The van der Waals surface area contributed by atoms with Crippen LogP contribution in [0, 0.1) is 23.7 Å². The van der Waals surface area contributed by atoms with Crippen molar-refractivity contribution in [2.24, 2.45) is 23.7 Å². The Kier molecular flexibility index (Phi) is 3.99. The van der Waals surface area contributed by atoms with Gasteiger partial charge in [-0.2, -0.15) is 0 Å². The molecule has 4 heteroatoms. The van der Waals surface area contributed by atoms with Crippen molar-refractivity contribution < 1.29 is 4.74 Å². The second-order valence-electron chi connectivity index (χ2n) is 7.34. The molecule has 4 aliphatic rings. The molecule has 0 aromatic heterocycles. The molecule has 0 aliphatic carbocycles. The minimum absolute atomic E-state index is 0.660. The molecule has 4 fully saturated rings. The average Bonchev–Trinajstić information content (AvgIpc) is 2.36. The third kappa shape index (κ3) is 2.63. The van der Waals surface area contributed by atoms with E-state index in [0.29, 0.717) is 6.17 Å². The van der Waals surface area contributed by atoms with Gasteiger partial charge in [-0.1, -0.05) is 0 Å². The van der Waals surface area contributed by atoms with E-state index in [2.05, 4.69) is 15.5 Å². The largest absolute Gasteiger partial charge is 0.381 e. The minimum atomic E-state index is 0.660. The zero-order valence-corrected chi connectivity index (χ0v) is 12.5. The van der Waals surface area contributed by atoms with Gasteiger partial charge < -0.3 is 15.4 Å². The fourth-order valence-corrected chi connectivity index (χ4v) is 4.50. The fraction of sp³-hybridized carbons (Fsp3) is 1.00. The maximum atomic E-state index is 5.36. The van der Waals surface area contributed by atoms with Crippen LogP contribution in [0.15, 0.2) is 0 Å². The Morgan fingerprint density at radius 2 is 1.65 bits per heavy atom. The molecule has 0 radical (unpaired) electrons. The Bertz CT molecular complexity index is 322. The third-order valence-electron chi connectivity index (χ3n) is 6.25.